The molecule has 4 heteroatoms. The summed E-state index contributed by atoms with van der Waals surface area (Å²) in [5.74, 6) is 0.253. The van der Waals surface area contributed by atoms with Crippen molar-refractivity contribution in [1.29, 1.82) is 0 Å². The van der Waals surface area contributed by atoms with Crippen LogP contribution in [0.3, 0.4) is 0 Å². The van der Waals surface area contributed by atoms with Gasteiger partial charge in [-0.2, -0.15) is 0 Å². The van der Waals surface area contributed by atoms with Crippen molar-refractivity contribution in [2.24, 2.45) is 5.92 Å². The summed E-state index contributed by atoms with van der Waals surface area (Å²) in [5, 5.41) is 0. The Morgan fingerprint density at radius 3 is 2.50 bits per heavy atom. The van der Waals surface area contributed by atoms with Crippen molar-refractivity contribution in [1.82, 2.24) is 4.90 Å². The van der Waals surface area contributed by atoms with Crippen molar-refractivity contribution in [3.05, 3.63) is 0 Å². The molecule has 4 nitrogen and oxygen atoms in total. The van der Waals surface area contributed by atoms with Crippen LogP contribution in [-0.4, -0.2) is 35.5 Å². The molecule has 0 aromatic rings. The van der Waals surface area contributed by atoms with Crippen LogP contribution in [0.25, 0.3) is 0 Å². The quantitative estimate of drug-likeness (QED) is 0.726. The Bertz CT molecular complexity index is 280. The number of hydrogen-bond acceptors (Lipinski definition) is 3. The first-order chi connectivity index (χ1) is 7.33. The van der Waals surface area contributed by atoms with E-state index in [2.05, 4.69) is 0 Å². The van der Waals surface area contributed by atoms with Gasteiger partial charge in [-0.25, -0.2) is 4.79 Å². The van der Waals surface area contributed by atoms with Crippen LogP contribution in [0.5, 0.6) is 0 Å². The summed E-state index contributed by atoms with van der Waals surface area (Å²) < 4.78 is 5.26. The topological polar surface area (TPSA) is 46.6 Å². The summed E-state index contributed by atoms with van der Waals surface area (Å²) >= 11 is 0. The number of ketones is 1. The minimum Gasteiger partial charge on any atom is -0.444 e. The standard InChI is InChI=1S/C12H21NO3/c1-5-10(14)9-6-7-13(8-9)11(15)16-12(2,3)4/h9H,5-8H2,1-4H3/t9-/m0/s1. The molecule has 1 amide bonds. The second-order valence-electron chi connectivity index (χ2n) is 5.23. The predicted molar refractivity (Wildman–Crippen MR) is 61.2 cm³/mol. The summed E-state index contributed by atoms with van der Waals surface area (Å²) in [6.07, 6.45) is 1.01. The number of amides is 1. The number of likely N-dealkylation sites (tertiary alicyclic amines) is 1. The van der Waals surface area contributed by atoms with Gasteiger partial charge < -0.3 is 9.64 Å². The van der Waals surface area contributed by atoms with Crippen molar-refractivity contribution in [2.75, 3.05) is 13.1 Å². The number of carbonyl (C=O) groups is 2. The Morgan fingerprint density at radius 2 is 2.00 bits per heavy atom. The zero-order valence-electron chi connectivity index (χ0n) is 10.6. The van der Waals surface area contributed by atoms with E-state index in [0.29, 0.717) is 19.5 Å². The van der Waals surface area contributed by atoms with Gasteiger partial charge in [-0.3, -0.25) is 4.79 Å². The van der Waals surface area contributed by atoms with Gasteiger partial charge in [0.15, 0.2) is 0 Å². The van der Waals surface area contributed by atoms with E-state index in [-0.39, 0.29) is 17.8 Å². The van der Waals surface area contributed by atoms with E-state index in [0.717, 1.165) is 6.42 Å². The Balaban J connectivity index is 2.47. The molecule has 1 rings (SSSR count). The third-order valence-corrected chi connectivity index (χ3v) is 2.64. The molecule has 0 bridgehead atoms. The molecule has 1 aliphatic rings. The lowest BCUT2D eigenvalue weighted by molar-refractivity contribution is -0.122. The Kier molecular flexibility index (Phi) is 3.94. The molecule has 1 aliphatic heterocycles. The summed E-state index contributed by atoms with van der Waals surface area (Å²) in [4.78, 5) is 24.8. The summed E-state index contributed by atoms with van der Waals surface area (Å²) in [6.45, 7) is 8.53. The number of ether oxygens (including phenoxy) is 1. The van der Waals surface area contributed by atoms with E-state index in [1.807, 2.05) is 27.7 Å². The van der Waals surface area contributed by atoms with Gasteiger partial charge in [-0.1, -0.05) is 6.92 Å². The van der Waals surface area contributed by atoms with Gasteiger partial charge in [0, 0.05) is 25.4 Å². The van der Waals surface area contributed by atoms with E-state index < -0.39 is 5.60 Å². The van der Waals surface area contributed by atoms with Crippen molar-refractivity contribution in [2.45, 2.75) is 46.1 Å². The average Bonchev–Trinajstić information content (AvgIpc) is 2.62. The second kappa shape index (κ2) is 4.85. The number of hydrogen-bond donors (Lipinski definition) is 0. The van der Waals surface area contributed by atoms with Crippen LogP contribution in [0.2, 0.25) is 0 Å². The summed E-state index contributed by atoms with van der Waals surface area (Å²) in [5.41, 5.74) is -0.468. The van der Waals surface area contributed by atoms with Gasteiger partial charge >= 0.3 is 6.09 Å². The number of rotatable bonds is 2. The maximum Gasteiger partial charge on any atom is 0.410 e. The van der Waals surface area contributed by atoms with Crippen molar-refractivity contribution < 1.29 is 14.3 Å². The fraction of sp³-hybridized carbons (Fsp3) is 0.833. The summed E-state index contributed by atoms with van der Waals surface area (Å²) in [7, 11) is 0. The third kappa shape index (κ3) is 3.51. The highest BCUT2D eigenvalue weighted by atomic mass is 16.6. The van der Waals surface area contributed by atoms with Gasteiger partial charge in [0.2, 0.25) is 0 Å². The minimum atomic E-state index is -0.468. The van der Waals surface area contributed by atoms with E-state index in [9.17, 15) is 9.59 Å². The first-order valence-electron chi connectivity index (χ1n) is 5.84. The maximum atomic E-state index is 11.7. The highest BCUT2D eigenvalue weighted by molar-refractivity contribution is 5.82. The fourth-order valence-corrected chi connectivity index (χ4v) is 1.80. The zero-order chi connectivity index (χ0) is 12.3. The molecule has 1 fully saturated rings. The second-order valence-corrected chi connectivity index (χ2v) is 5.23. The van der Waals surface area contributed by atoms with Gasteiger partial charge in [0.05, 0.1) is 0 Å². The van der Waals surface area contributed by atoms with Gasteiger partial charge in [-0.05, 0) is 27.2 Å². The molecule has 0 spiro atoms. The monoisotopic (exact) mass is 227 g/mol. The van der Waals surface area contributed by atoms with Crippen LogP contribution in [0.4, 0.5) is 4.79 Å². The van der Waals surface area contributed by atoms with Gasteiger partial charge in [0.1, 0.15) is 11.4 Å². The largest absolute Gasteiger partial charge is 0.444 e. The molecule has 92 valence electrons. The molecule has 16 heavy (non-hydrogen) atoms. The van der Waals surface area contributed by atoms with E-state index in [1.54, 1.807) is 4.90 Å². The van der Waals surface area contributed by atoms with E-state index >= 15 is 0 Å². The fourth-order valence-electron chi connectivity index (χ4n) is 1.80. The summed E-state index contributed by atoms with van der Waals surface area (Å²) in [6, 6.07) is 0. The van der Waals surface area contributed by atoms with Gasteiger partial charge in [-0.15, -0.1) is 0 Å². The SMILES string of the molecule is CCC(=O)[C@H]1CCN(C(=O)OC(C)(C)C)C1. The molecule has 0 radical (unpaired) electrons. The van der Waals surface area contributed by atoms with E-state index in [4.69, 9.17) is 4.74 Å². The lowest BCUT2D eigenvalue weighted by Gasteiger charge is -2.24. The molecule has 1 atom stereocenters. The molecule has 0 saturated carbocycles. The molecule has 0 aromatic heterocycles. The predicted octanol–water partition coefficient (Wildman–Crippen LogP) is 2.22. The minimum absolute atomic E-state index is 0.0116. The average molecular weight is 227 g/mol. The molecular formula is C12H21NO3. The normalized spacial score (nSPS) is 21.0. The molecule has 1 heterocycles. The lowest BCUT2D eigenvalue weighted by atomic mass is 10.0. The molecular weight excluding hydrogens is 206 g/mol. The maximum absolute atomic E-state index is 11.7. The van der Waals surface area contributed by atoms with Crippen LogP contribution >= 0.6 is 0 Å². The van der Waals surface area contributed by atoms with Crippen molar-refractivity contribution >= 4 is 11.9 Å². The highest BCUT2D eigenvalue weighted by Crippen LogP contribution is 2.20. The van der Waals surface area contributed by atoms with Crippen LogP contribution in [-0.2, 0) is 9.53 Å². The highest BCUT2D eigenvalue weighted by Gasteiger charge is 2.32. The number of nitrogens with zero attached hydrogens (tertiary/aromatic N) is 1. The molecule has 1 saturated heterocycles. The Hall–Kier alpha value is -1.06. The van der Waals surface area contributed by atoms with Crippen LogP contribution in [0.1, 0.15) is 40.5 Å². The van der Waals surface area contributed by atoms with E-state index in [1.165, 1.54) is 0 Å². The first-order valence-corrected chi connectivity index (χ1v) is 5.84. The lowest BCUT2D eigenvalue weighted by Crippen LogP contribution is -2.35. The number of carbonyl (C=O) groups excluding carboxylic acids is 2. The molecule has 0 unspecified atom stereocenters. The third-order valence-electron chi connectivity index (χ3n) is 2.64. The van der Waals surface area contributed by atoms with Crippen LogP contribution < -0.4 is 0 Å². The molecule has 0 aromatic carbocycles. The van der Waals surface area contributed by atoms with Crippen LogP contribution in [0, 0.1) is 5.92 Å². The Labute approximate surface area is 96.9 Å². The Morgan fingerprint density at radius 1 is 1.38 bits per heavy atom. The smallest absolute Gasteiger partial charge is 0.410 e. The zero-order valence-corrected chi connectivity index (χ0v) is 10.6. The number of Topliss-reactive ketones (excluding diaryl/α,β-unsaturated/α-hetero) is 1. The molecule has 0 N–H and O–H groups in total. The molecule has 0 aliphatic carbocycles. The van der Waals surface area contributed by atoms with Crippen LogP contribution in [0.15, 0.2) is 0 Å². The van der Waals surface area contributed by atoms with Crippen molar-refractivity contribution in [3.63, 3.8) is 0 Å². The van der Waals surface area contributed by atoms with Crippen molar-refractivity contribution in [3.8, 4) is 0 Å². The van der Waals surface area contributed by atoms with Gasteiger partial charge in [0.25, 0.3) is 0 Å². The first kappa shape index (κ1) is 13.0.